The summed E-state index contributed by atoms with van der Waals surface area (Å²) in [7, 11) is 0. The van der Waals surface area contributed by atoms with E-state index >= 15 is 0 Å². The smallest absolute Gasteiger partial charge is 0.318 e. The first kappa shape index (κ1) is 16.6. The lowest BCUT2D eigenvalue weighted by atomic mass is 9.98. The fraction of sp³-hybridized carbons (Fsp3) is 0.421. The molecule has 26 heavy (non-hydrogen) atoms. The maximum absolute atomic E-state index is 12.6. The van der Waals surface area contributed by atoms with Gasteiger partial charge in [-0.2, -0.15) is 5.10 Å². The Balaban J connectivity index is 1.39. The van der Waals surface area contributed by atoms with Gasteiger partial charge < -0.3 is 15.5 Å². The number of H-pyrrole nitrogens is 1. The quantitative estimate of drug-likeness (QED) is 0.789. The van der Waals surface area contributed by atoms with Crippen molar-refractivity contribution in [1.82, 2.24) is 20.4 Å². The van der Waals surface area contributed by atoms with E-state index in [1.54, 1.807) is 4.90 Å². The van der Waals surface area contributed by atoms with Crippen molar-refractivity contribution in [2.45, 2.75) is 45.2 Å². The molecule has 0 bridgehead atoms. The van der Waals surface area contributed by atoms with E-state index in [-0.39, 0.29) is 11.9 Å². The van der Waals surface area contributed by atoms with Gasteiger partial charge in [-0.15, -0.1) is 0 Å². The van der Waals surface area contributed by atoms with Crippen molar-refractivity contribution >= 4 is 17.6 Å². The molecule has 2 heterocycles. The van der Waals surface area contributed by atoms with Crippen molar-refractivity contribution in [3.63, 3.8) is 0 Å². The van der Waals surface area contributed by atoms with Crippen LogP contribution in [-0.2, 0) is 24.3 Å². The number of aromatic nitrogens is 2. The van der Waals surface area contributed by atoms with E-state index in [0.29, 0.717) is 25.6 Å². The number of nitrogens with one attached hydrogen (secondary N) is 3. The number of hydrogen-bond acceptors (Lipinski definition) is 3. The van der Waals surface area contributed by atoms with E-state index in [4.69, 9.17) is 0 Å². The van der Waals surface area contributed by atoms with Crippen LogP contribution in [-0.4, -0.2) is 33.6 Å². The molecule has 1 aliphatic carbocycles. The first-order valence-electron chi connectivity index (χ1n) is 9.05. The number of anilines is 1. The summed E-state index contributed by atoms with van der Waals surface area (Å²) in [4.78, 5) is 25.8. The summed E-state index contributed by atoms with van der Waals surface area (Å²) in [6, 6.07) is 7.82. The Bertz CT molecular complexity index is 840. The van der Waals surface area contributed by atoms with Crippen molar-refractivity contribution < 1.29 is 9.59 Å². The standard InChI is InChI=1S/C19H23N5O2/c1-12(25)21-17-4-2-3-13-7-8-24(11-16(13)17)19(26)20-10-15-9-18(23-22-15)14-5-6-14/h2-4,9,14H,5-8,10-11H2,1H3,(H,20,26)(H,21,25)(H,22,23). The van der Waals surface area contributed by atoms with Crippen molar-refractivity contribution in [2.75, 3.05) is 11.9 Å². The van der Waals surface area contributed by atoms with Gasteiger partial charge in [-0.1, -0.05) is 12.1 Å². The molecular formula is C19H23N5O2. The molecule has 0 radical (unpaired) electrons. The molecule has 0 atom stereocenters. The van der Waals surface area contributed by atoms with Crippen LogP contribution in [0.25, 0.3) is 0 Å². The van der Waals surface area contributed by atoms with Gasteiger partial charge in [0.25, 0.3) is 0 Å². The highest BCUT2D eigenvalue weighted by atomic mass is 16.2. The number of carbonyl (C=O) groups excluding carboxylic acids is 2. The highest BCUT2D eigenvalue weighted by molar-refractivity contribution is 5.90. The monoisotopic (exact) mass is 353 g/mol. The SMILES string of the molecule is CC(=O)Nc1cccc2c1CN(C(=O)NCc1cc(C3CC3)n[nH]1)CC2. The van der Waals surface area contributed by atoms with Gasteiger partial charge in [-0.3, -0.25) is 9.89 Å². The number of aromatic amines is 1. The van der Waals surface area contributed by atoms with Gasteiger partial charge >= 0.3 is 6.03 Å². The van der Waals surface area contributed by atoms with Gasteiger partial charge in [0.2, 0.25) is 5.91 Å². The lowest BCUT2D eigenvalue weighted by molar-refractivity contribution is -0.114. The Morgan fingerprint density at radius 3 is 2.96 bits per heavy atom. The first-order chi connectivity index (χ1) is 12.6. The number of fused-ring (bicyclic) bond motifs is 1. The van der Waals surface area contributed by atoms with Gasteiger partial charge in [0.1, 0.15) is 0 Å². The summed E-state index contributed by atoms with van der Waals surface area (Å²) < 4.78 is 0. The second-order valence-corrected chi connectivity index (χ2v) is 7.05. The third-order valence-corrected chi connectivity index (χ3v) is 4.95. The number of benzene rings is 1. The van der Waals surface area contributed by atoms with Crippen molar-refractivity contribution in [2.24, 2.45) is 0 Å². The average Bonchev–Trinajstić information content (AvgIpc) is 3.37. The molecule has 4 rings (SSSR count). The molecule has 1 aliphatic heterocycles. The minimum Gasteiger partial charge on any atom is -0.332 e. The Kier molecular flexibility index (Phi) is 4.36. The summed E-state index contributed by atoms with van der Waals surface area (Å²) in [5.74, 6) is 0.493. The summed E-state index contributed by atoms with van der Waals surface area (Å²) in [6.45, 7) is 3.09. The number of amides is 3. The van der Waals surface area contributed by atoms with Gasteiger partial charge in [0.05, 0.1) is 17.9 Å². The summed E-state index contributed by atoms with van der Waals surface area (Å²) >= 11 is 0. The van der Waals surface area contributed by atoms with Gasteiger partial charge in [-0.25, -0.2) is 4.79 Å². The molecular weight excluding hydrogens is 330 g/mol. The summed E-state index contributed by atoms with van der Waals surface area (Å²) in [5.41, 5.74) is 5.01. The maximum atomic E-state index is 12.6. The van der Waals surface area contributed by atoms with E-state index in [1.165, 1.54) is 25.3 Å². The van der Waals surface area contributed by atoms with Crippen molar-refractivity contribution in [3.8, 4) is 0 Å². The molecule has 2 aliphatic rings. The molecule has 1 saturated carbocycles. The van der Waals surface area contributed by atoms with E-state index in [9.17, 15) is 9.59 Å². The minimum absolute atomic E-state index is 0.101. The molecule has 3 N–H and O–H groups in total. The third kappa shape index (κ3) is 3.56. The Morgan fingerprint density at radius 1 is 1.35 bits per heavy atom. The molecule has 0 saturated heterocycles. The maximum Gasteiger partial charge on any atom is 0.318 e. The van der Waals surface area contributed by atoms with Gasteiger partial charge in [0, 0.05) is 31.6 Å². The van der Waals surface area contributed by atoms with Crippen LogP contribution in [0.5, 0.6) is 0 Å². The number of carbonyl (C=O) groups is 2. The van der Waals surface area contributed by atoms with Crippen LogP contribution in [0.15, 0.2) is 24.3 Å². The molecule has 0 spiro atoms. The van der Waals surface area contributed by atoms with E-state index in [0.717, 1.165) is 29.1 Å². The van der Waals surface area contributed by atoms with Crippen LogP contribution in [0, 0.1) is 0 Å². The fourth-order valence-corrected chi connectivity index (χ4v) is 3.40. The largest absolute Gasteiger partial charge is 0.332 e. The summed E-state index contributed by atoms with van der Waals surface area (Å²) in [5, 5.41) is 13.1. The minimum atomic E-state index is -0.106. The van der Waals surface area contributed by atoms with E-state index in [2.05, 4.69) is 26.9 Å². The zero-order valence-electron chi connectivity index (χ0n) is 14.8. The molecule has 1 fully saturated rings. The normalized spacial score (nSPS) is 16.1. The van der Waals surface area contributed by atoms with Crippen LogP contribution < -0.4 is 10.6 Å². The first-order valence-corrected chi connectivity index (χ1v) is 9.05. The van der Waals surface area contributed by atoms with E-state index < -0.39 is 0 Å². The van der Waals surface area contributed by atoms with Crippen molar-refractivity contribution in [1.29, 1.82) is 0 Å². The molecule has 7 heteroatoms. The molecule has 7 nitrogen and oxygen atoms in total. The predicted octanol–water partition coefficient (Wildman–Crippen LogP) is 2.51. The molecule has 0 unspecified atom stereocenters. The number of hydrogen-bond donors (Lipinski definition) is 3. The average molecular weight is 353 g/mol. The van der Waals surface area contributed by atoms with Crippen molar-refractivity contribution in [3.05, 3.63) is 46.8 Å². The third-order valence-electron chi connectivity index (χ3n) is 4.95. The number of rotatable bonds is 4. The second kappa shape index (κ2) is 6.82. The zero-order valence-corrected chi connectivity index (χ0v) is 14.8. The van der Waals surface area contributed by atoms with Crippen LogP contribution in [0.4, 0.5) is 10.5 Å². The lowest BCUT2D eigenvalue weighted by Crippen LogP contribution is -2.42. The summed E-state index contributed by atoms with van der Waals surface area (Å²) in [6.07, 6.45) is 3.20. The van der Waals surface area contributed by atoms with Gasteiger partial charge in [0.15, 0.2) is 0 Å². The van der Waals surface area contributed by atoms with Crippen LogP contribution in [0.1, 0.15) is 48.2 Å². The predicted molar refractivity (Wildman–Crippen MR) is 97.7 cm³/mol. The van der Waals surface area contributed by atoms with Gasteiger partial charge in [-0.05, 0) is 42.5 Å². The molecule has 1 aromatic carbocycles. The number of nitrogens with zero attached hydrogens (tertiary/aromatic N) is 2. The Labute approximate surface area is 152 Å². The molecule has 136 valence electrons. The Morgan fingerprint density at radius 2 is 2.19 bits per heavy atom. The van der Waals surface area contributed by atoms with Crippen LogP contribution >= 0.6 is 0 Å². The Hall–Kier alpha value is -2.83. The van der Waals surface area contributed by atoms with E-state index in [1.807, 2.05) is 18.2 Å². The molecule has 3 amide bonds. The molecule has 1 aromatic heterocycles. The fourth-order valence-electron chi connectivity index (χ4n) is 3.40. The highest BCUT2D eigenvalue weighted by Gasteiger charge is 2.26. The topological polar surface area (TPSA) is 90.1 Å². The highest BCUT2D eigenvalue weighted by Crippen LogP contribution is 2.39. The van der Waals surface area contributed by atoms with Crippen LogP contribution in [0.2, 0.25) is 0 Å². The molecule has 2 aromatic rings. The zero-order chi connectivity index (χ0) is 18.1. The van der Waals surface area contributed by atoms with Crippen LogP contribution in [0.3, 0.4) is 0 Å². The second-order valence-electron chi connectivity index (χ2n) is 7.05. The number of urea groups is 1. The lowest BCUT2D eigenvalue weighted by Gasteiger charge is -2.30.